The number of imide groups is 1. The molecule has 6 heteroatoms. The summed E-state index contributed by atoms with van der Waals surface area (Å²) < 4.78 is 13.0. The van der Waals surface area contributed by atoms with Crippen molar-refractivity contribution in [3.63, 3.8) is 0 Å². The topological polar surface area (TPSA) is 81.4 Å². The highest BCUT2D eigenvalue weighted by molar-refractivity contribution is 6.44. The normalized spacial score (nSPS) is 14.3. The van der Waals surface area contributed by atoms with Gasteiger partial charge in [-0.05, 0) is 42.0 Å². The first-order valence-corrected chi connectivity index (χ1v) is 6.61. The molecular formula is C17H9FN2O3. The summed E-state index contributed by atoms with van der Waals surface area (Å²) in [7, 11) is 0. The SMILES string of the molecule is N#Cc1ccc(N2C(=O)C(O)=C(c3ccc(F)cc3)C2=O)cc1. The second-order valence-corrected chi connectivity index (χ2v) is 4.83. The number of aliphatic hydroxyl groups is 1. The van der Waals surface area contributed by atoms with Crippen molar-refractivity contribution in [1.29, 1.82) is 5.26 Å². The van der Waals surface area contributed by atoms with Crippen molar-refractivity contribution < 1.29 is 19.1 Å². The second-order valence-electron chi connectivity index (χ2n) is 4.83. The number of rotatable bonds is 2. The lowest BCUT2D eigenvalue weighted by Gasteiger charge is -2.14. The highest BCUT2D eigenvalue weighted by Crippen LogP contribution is 2.31. The van der Waals surface area contributed by atoms with Gasteiger partial charge in [-0.15, -0.1) is 0 Å². The van der Waals surface area contributed by atoms with Crippen LogP contribution in [-0.2, 0) is 9.59 Å². The molecule has 0 radical (unpaired) electrons. The number of anilines is 1. The average molecular weight is 308 g/mol. The fourth-order valence-corrected chi connectivity index (χ4v) is 2.31. The number of halogens is 1. The zero-order valence-electron chi connectivity index (χ0n) is 11.7. The van der Waals surface area contributed by atoms with Crippen LogP contribution in [0, 0.1) is 17.1 Å². The van der Waals surface area contributed by atoms with Crippen molar-refractivity contribution in [1.82, 2.24) is 0 Å². The monoisotopic (exact) mass is 308 g/mol. The average Bonchev–Trinajstić information content (AvgIpc) is 2.78. The van der Waals surface area contributed by atoms with E-state index in [0.717, 1.165) is 17.0 Å². The Morgan fingerprint density at radius 3 is 2.13 bits per heavy atom. The Balaban J connectivity index is 2.01. The summed E-state index contributed by atoms with van der Waals surface area (Å²) in [6.45, 7) is 0. The minimum Gasteiger partial charge on any atom is -0.502 e. The summed E-state index contributed by atoms with van der Waals surface area (Å²) in [6.07, 6.45) is 0. The number of hydrogen-bond donors (Lipinski definition) is 1. The van der Waals surface area contributed by atoms with Gasteiger partial charge >= 0.3 is 5.91 Å². The Hall–Kier alpha value is -3.46. The number of nitriles is 1. The van der Waals surface area contributed by atoms with E-state index in [9.17, 15) is 19.1 Å². The molecule has 1 N–H and O–H groups in total. The molecule has 1 aliphatic rings. The maximum Gasteiger partial charge on any atom is 0.301 e. The van der Waals surface area contributed by atoms with Crippen LogP contribution in [0.4, 0.5) is 10.1 Å². The van der Waals surface area contributed by atoms with E-state index in [2.05, 4.69) is 0 Å². The molecule has 1 heterocycles. The van der Waals surface area contributed by atoms with E-state index in [1.165, 1.54) is 36.4 Å². The minimum absolute atomic E-state index is 0.181. The van der Waals surface area contributed by atoms with Gasteiger partial charge in [0.1, 0.15) is 5.82 Å². The van der Waals surface area contributed by atoms with Crippen LogP contribution in [0.1, 0.15) is 11.1 Å². The number of aliphatic hydroxyl groups excluding tert-OH is 1. The molecule has 0 fully saturated rings. The molecular weight excluding hydrogens is 299 g/mol. The van der Waals surface area contributed by atoms with Crippen LogP contribution in [0.15, 0.2) is 54.3 Å². The van der Waals surface area contributed by atoms with Crippen molar-refractivity contribution in [2.24, 2.45) is 0 Å². The Morgan fingerprint density at radius 2 is 1.57 bits per heavy atom. The second kappa shape index (κ2) is 5.39. The zero-order chi connectivity index (χ0) is 16.6. The summed E-state index contributed by atoms with van der Waals surface area (Å²) in [6, 6.07) is 12.6. The van der Waals surface area contributed by atoms with Crippen LogP contribution >= 0.6 is 0 Å². The van der Waals surface area contributed by atoms with Crippen LogP contribution in [0.2, 0.25) is 0 Å². The lowest BCUT2D eigenvalue weighted by atomic mass is 10.1. The van der Waals surface area contributed by atoms with Gasteiger partial charge in [-0.3, -0.25) is 9.59 Å². The third kappa shape index (κ3) is 2.34. The number of carbonyl (C=O) groups excluding carboxylic acids is 2. The van der Waals surface area contributed by atoms with Gasteiger partial charge in [0.25, 0.3) is 5.91 Å². The molecule has 0 unspecified atom stereocenters. The van der Waals surface area contributed by atoms with Gasteiger partial charge in [0, 0.05) is 0 Å². The summed E-state index contributed by atoms with van der Waals surface area (Å²) >= 11 is 0. The van der Waals surface area contributed by atoms with E-state index in [1.807, 2.05) is 6.07 Å². The highest BCUT2D eigenvalue weighted by atomic mass is 19.1. The lowest BCUT2D eigenvalue weighted by molar-refractivity contribution is -0.121. The predicted octanol–water partition coefficient (Wildman–Crippen LogP) is 2.54. The first-order valence-electron chi connectivity index (χ1n) is 6.61. The van der Waals surface area contributed by atoms with Gasteiger partial charge in [-0.2, -0.15) is 5.26 Å². The summed E-state index contributed by atoms with van der Waals surface area (Å²) in [5.74, 6) is -2.75. The molecule has 2 aromatic rings. The van der Waals surface area contributed by atoms with E-state index >= 15 is 0 Å². The van der Waals surface area contributed by atoms with Gasteiger partial charge in [0.2, 0.25) is 0 Å². The Morgan fingerprint density at radius 1 is 0.957 bits per heavy atom. The van der Waals surface area contributed by atoms with Crippen LogP contribution in [0.3, 0.4) is 0 Å². The van der Waals surface area contributed by atoms with Gasteiger partial charge < -0.3 is 5.11 Å². The van der Waals surface area contributed by atoms with Crippen molar-refractivity contribution in [3.8, 4) is 6.07 Å². The highest BCUT2D eigenvalue weighted by Gasteiger charge is 2.40. The van der Waals surface area contributed by atoms with Gasteiger partial charge in [-0.25, -0.2) is 9.29 Å². The van der Waals surface area contributed by atoms with E-state index in [4.69, 9.17) is 5.26 Å². The number of benzene rings is 2. The maximum atomic E-state index is 13.0. The van der Waals surface area contributed by atoms with E-state index in [0.29, 0.717) is 5.56 Å². The van der Waals surface area contributed by atoms with Gasteiger partial charge in [-0.1, -0.05) is 12.1 Å². The first kappa shape index (κ1) is 14.5. The number of hydrogen-bond acceptors (Lipinski definition) is 4. The largest absolute Gasteiger partial charge is 0.502 e. The number of amides is 2. The molecule has 0 bridgehead atoms. The van der Waals surface area contributed by atoms with Crippen LogP contribution in [-0.4, -0.2) is 16.9 Å². The molecule has 0 atom stereocenters. The summed E-state index contributed by atoms with van der Waals surface area (Å²) in [5, 5.41) is 18.8. The molecule has 3 rings (SSSR count). The third-order valence-electron chi connectivity index (χ3n) is 3.45. The molecule has 0 aromatic heterocycles. The third-order valence-corrected chi connectivity index (χ3v) is 3.45. The van der Waals surface area contributed by atoms with E-state index in [-0.39, 0.29) is 16.8 Å². The lowest BCUT2D eigenvalue weighted by Crippen LogP contribution is -2.31. The molecule has 0 saturated carbocycles. The molecule has 5 nitrogen and oxygen atoms in total. The zero-order valence-corrected chi connectivity index (χ0v) is 11.7. The molecule has 0 aliphatic carbocycles. The van der Waals surface area contributed by atoms with Crippen LogP contribution in [0.5, 0.6) is 0 Å². The number of carbonyl (C=O) groups is 2. The molecule has 112 valence electrons. The Labute approximate surface area is 130 Å². The van der Waals surface area contributed by atoms with Crippen molar-refractivity contribution in [2.45, 2.75) is 0 Å². The fourth-order valence-electron chi connectivity index (χ4n) is 2.31. The van der Waals surface area contributed by atoms with Gasteiger partial charge in [0.05, 0.1) is 22.9 Å². The standard InChI is InChI=1S/C17H9FN2O3/c18-12-5-3-11(4-6-12)14-15(21)17(23)20(16(14)22)13-7-1-10(9-19)2-8-13/h1-8,21H. The first-order chi connectivity index (χ1) is 11.0. The Kier molecular flexibility index (Phi) is 3.39. The van der Waals surface area contributed by atoms with E-state index in [1.54, 1.807) is 0 Å². The van der Waals surface area contributed by atoms with Crippen LogP contribution in [0.25, 0.3) is 5.57 Å². The predicted molar refractivity (Wildman–Crippen MR) is 79.6 cm³/mol. The molecule has 0 spiro atoms. The molecule has 0 saturated heterocycles. The van der Waals surface area contributed by atoms with Crippen molar-refractivity contribution >= 4 is 23.1 Å². The fraction of sp³-hybridized carbons (Fsp3) is 0. The molecule has 2 aromatic carbocycles. The van der Waals surface area contributed by atoms with Gasteiger partial charge in [0.15, 0.2) is 5.76 Å². The summed E-state index contributed by atoms with van der Waals surface area (Å²) in [4.78, 5) is 25.5. The molecule has 2 amide bonds. The van der Waals surface area contributed by atoms with Crippen LogP contribution < -0.4 is 4.90 Å². The van der Waals surface area contributed by atoms with E-state index < -0.39 is 23.4 Å². The minimum atomic E-state index is -0.862. The quantitative estimate of drug-likeness (QED) is 0.864. The van der Waals surface area contributed by atoms with Crippen molar-refractivity contribution in [2.75, 3.05) is 4.90 Å². The number of nitrogens with zero attached hydrogens (tertiary/aromatic N) is 2. The Bertz CT molecular complexity index is 878. The van der Waals surface area contributed by atoms with Crippen molar-refractivity contribution in [3.05, 3.63) is 71.2 Å². The molecule has 23 heavy (non-hydrogen) atoms. The smallest absolute Gasteiger partial charge is 0.301 e. The molecule has 1 aliphatic heterocycles. The maximum absolute atomic E-state index is 13.0. The summed E-state index contributed by atoms with van der Waals surface area (Å²) in [5.41, 5.74) is 0.684.